The molecule has 6 heteroatoms. The molecule has 1 saturated heterocycles. The third kappa shape index (κ3) is 3.16. The summed E-state index contributed by atoms with van der Waals surface area (Å²) in [4.78, 5) is 6.35. The highest BCUT2D eigenvalue weighted by atomic mass is 32.1. The van der Waals surface area contributed by atoms with Crippen LogP contribution in [0.5, 0.6) is 0 Å². The van der Waals surface area contributed by atoms with Crippen LogP contribution in [0.3, 0.4) is 0 Å². The monoisotopic (exact) mass is 304 g/mol. The molecule has 2 aromatic rings. The molecule has 0 bridgehead atoms. The Hall–Kier alpha value is -1.66. The zero-order valence-corrected chi connectivity index (χ0v) is 13.0. The maximum absolute atomic E-state index is 6.08. The van der Waals surface area contributed by atoms with Gasteiger partial charge in [-0.05, 0) is 48.0 Å². The van der Waals surface area contributed by atoms with Crippen LogP contribution in [0.1, 0.15) is 12.8 Å². The van der Waals surface area contributed by atoms with E-state index in [4.69, 9.17) is 10.5 Å². The van der Waals surface area contributed by atoms with E-state index in [-0.39, 0.29) is 0 Å². The van der Waals surface area contributed by atoms with Gasteiger partial charge in [0.2, 0.25) is 0 Å². The highest BCUT2D eigenvalue weighted by Gasteiger charge is 2.21. The fourth-order valence-electron chi connectivity index (χ4n) is 2.74. The van der Waals surface area contributed by atoms with Crippen LogP contribution in [-0.2, 0) is 4.74 Å². The van der Waals surface area contributed by atoms with Gasteiger partial charge in [0, 0.05) is 39.2 Å². The quantitative estimate of drug-likeness (QED) is 0.940. The molecule has 0 spiro atoms. The molecule has 0 saturated carbocycles. The summed E-state index contributed by atoms with van der Waals surface area (Å²) in [5, 5.41) is 1.13. The van der Waals surface area contributed by atoms with Crippen LogP contribution < -0.4 is 10.6 Å². The maximum Gasteiger partial charge on any atom is 0.147 e. The predicted octanol–water partition coefficient (Wildman–Crippen LogP) is 2.65. The van der Waals surface area contributed by atoms with E-state index in [1.807, 2.05) is 12.1 Å². The molecule has 2 aromatic heterocycles. The molecule has 0 atom stereocenters. The Balaban J connectivity index is 1.82. The molecule has 0 amide bonds. The Morgan fingerprint density at radius 1 is 1.33 bits per heavy atom. The molecule has 0 unspecified atom stereocenters. The van der Waals surface area contributed by atoms with E-state index in [0.29, 0.717) is 11.7 Å². The Morgan fingerprint density at radius 3 is 2.76 bits per heavy atom. The number of nitrogen functional groups attached to an aromatic ring is 1. The number of pyridine rings is 1. The van der Waals surface area contributed by atoms with Gasteiger partial charge in [-0.3, -0.25) is 4.98 Å². The molecule has 0 aromatic carbocycles. The van der Waals surface area contributed by atoms with E-state index < -0.39 is 0 Å². The van der Waals surface area contributed by atoms with Crippen molar-refractivity contribution >= 4 is 22.4 Å². The summed E-state index contributed by atoms with van der Waals surface area (Å²) in [5.41, 5.74) is 8.18. The first-order valence-corrected chi connectivity index (χ1v) is 7.97. The number of anilines is 2. The molecule has 1 aliphatic heterocycles. The van der Waals surface area contributed by atoms with Crippen LogP contribution in [0, 0.1) is 5.92 Å². The smallest absolute Gasteiger partial charge is 0.147 e. The van der Waals surface area contributed by atoms with Crippen molar-refractivity contribution in [2.24, 2.45) is 5.92 Å². The van der Waals surface area contributed by atoms with Crippen molar-refractivity contribution in [3.05, 3.63) is 24.5 Å². The van der Waals surface area contributed by atoms with E-state index >= 15 is 0 Å². The SMILES string of the molecule is CN(CC1CCOCC1)c1snc(N)c1-c1ccncc1. The molecule has 2 N–H and O–H groups in total. The van der Waals surface area contributed by atoms with Crippen molar-refractivity contribution in [2.75, 3.05) is 37.4 Å². The van der Waals surface area contributed by atoms with Gasteiger partial charge in [-0.2, -0.15) is 4.37 Å². The van der Waals surface area contributed by atoms with E-state index in [1.54, 1.807) is 12.4 Å². The van der Waals surface area contributed by atoms with Crippen LogP contribution in [0.4, 0.5) is 10.8 Å². The minimum atomic E-state index is 0.597. The van der Waals surface area contributed by atoms with Crippen LogP contribution in [0.25, 0.3) is 11.1 Å². The standard InChI is InChI=1S/C15H20N4OS/c1-19(10-11-4-8-20-9-5-11)15-13(14(16)18-21-15)12-2-6-17-7-3-12/h2-3,6-7,11H,4-5,8-10H2,1H3,(H2,16,18). The number of rotatable bonds is 4. The Bertz CT molecular complexity index is 581. The topological polar surface area (TPSA) is 64.3 Å². The first-order valence-electron chi connectivity index (χ1n) is 7.20. The van der Waals surface area contributed by atoms with Crippen molar-refractivity contribution in [3.63, 3.8) is 0 Å². The number of nitrogens with two attached hydrogens (primary N) is 1. The second-order valence-corrected chi connectivity index (χ2v) is 6.17. The summed E-state index contributed by atoms with van der Waals surface area (Å²) in [6.07, 6.45) is 5.83. The Labute approximate surface area is 128 Å². The molecular formula is C15H20N4OS. The fraction of sp³-hybridized carbons (Fsp3) is 0.467. The molecule has 112 valence electrons. The first-order chi connectivity index (χ1) is 10.3. The second-order valence-electron chi connectivity index (χ2n) is 5.42. The van der Waals surface area contributed by atoms with Gasteiger partial charge in [-0.1, -0.05) is 0 Å². The summed E-state index contributed by atoms with van der Waals surface area (Å²) in [6, 6.07) is 3.96. The number of nitrogens with zero attached hydrogens (tertiary/aromatic N) is 3. The number of hydrogen-bond acceptors (Lipinski definition) is 6. The molecular weight excluding hydrogens is 284 g/mol. The molecule has 0 aliphatic carbocycles. The van der Waals surface area contributed by atoms with E-state index in [1.165, 1.54) is 11.5 Å². The van der Waals surface area contributed by atoms with Gasteiger partial charge < -0.3 is 15.4 Å². The summed E-state index contributed by atoms with van der Waals surface area (Å²) >= 11 is 1.47. The molecule has 0 radical (unpaired) electrons. The first kappa shape index (κ1) is 14.3. The lowest BCUT2D eigenvalue weighted by Gasteiger charge is -2.28. The molecule has 1 aliphatic rings. The van der Waals surface area contributed by atoms with Gasteiger partial charge in [0.1, 0.15) is 10.8 Å². The van der Waals surface area contributed by atoms with Crippen LogP contribution in [-0.4, -0.2) is 36.2 Å². The predicted molar refractivity (Wildman–Crippen MR) is 86.6 cm³/mol. The molecule has 1 fully saturated rings. The van der Waals surface area contributed by atoms with Gasteiger partial charge >= 0.3 is 0 Å². The number of hydrogen-bond donors (Lipinski definition) is 1. The van der Waals surface area contributed by atoms with Crippen molar-refractivity contribution in [3.8, 4) is 11.1 Å². The highest BCUT2D eigenvalue weighted by molar-refractivity contribution is 7.11. The Kier molecular flexibility index (Phi) is 4.36. The van der Waals surface area contributed by atoms with E-state index in [9.17, 15) is 0 Å². The molecule has 3 heterocycles. The summed E-state index contributed by atoms with van der Waals surface area (Å²) in [5.74, 6) is 1.28. The number of aromatic nitrogens is 2. The third-order valence-electron chi connectivity index (χ3n) is 3.89. The van der Waals surface area contributed by atoms with Crippen molar-refractivity contribution in [2.45, 2.75) is 12.8 Å². The fourth-order valence-corrected chi connectivity index (χ4v) is 3.55. The average molecular weight is 304 g/mol. The van der Waals surface area contributed by atoms with Gasteiger partial charge in [-0.15, -0.1) is 0 Å². The lowest BCUT2D eigenvalue weighted by atomic mass is 10.00. The molecule has 5 nitrogen and oxygen atoms in total. The minimum absolute atomic E-state index is 0.597. The third-order valence-corrected chi connectivity index (χ3v) is 4.87. The normalized spacial score (nSPS) is 16.0. The van der Waals surface area contributed by atoms with E-state index in [2.05, 4.69) is 21.3 Å². The second kappa shape index (κ2) is 6.41. The summed E-state index contributed by atoms with van der Waals surface area (Å²) in [7, 11) is 2.12. The lowest BCUT2D eigenvalue weighted by Crippen LogP contribution is -2.29. The molecule has 21 heavy (non-hydrogen) atoms. The van der Waals surface area contributed by atoms with Crippen LogP contribution in [0.15, 0.2) is 24.5 Å². The van der Waals surface area contributed by atoms with Crippen molar-refractivity contribution < 1.29 is 4.74 Å². The van der Waals surface area contributed by atoms with Gasteiger partial charge in [-0.25, -0.2) is 0 Å². The lowest BCUT2D eigenvalue weighted by molar-refractivity contribution is 0.0685. The van der Waals surface area contributed by atoms with Crippen LogP contribution in [0.2, 0.25) is 0 Å². The zero-order chi connectivity index (χ0) is 14.7. The Morgan fingerprint density at radius 2 is 2.05 bits per heavy atom. The summed E-state index contributed by atoms with van der Waals surface area (Å²) in [6.45, 7) is 2.77. The van der Waals surface area contributed by atoms with Crippen molar-refractivity contribution in [1.82, 2.24) is 9.36 Å². The highest BCUT2D eigenvalue weighted by Crippen LogP contribution is 2.39. The molecule has 3 rings (SSSR count). The van der Waals surface area contributed by atoms with Gasteiger partial charge in [0.15, 0.2) is 0 Å². The van der Waals surface area contributed by atoms with Gasteiger partial charge in [0.25, 0.3) is 0 Å². The van der Waals surface area contributed by atoms with Crippen LogP contribution >= 0.6 is 11.5 Å². The average Bonchev–Trinajstić information content (AvgIpc) is 2.91. The minimum Gasteiger partial charge on any atom is -0.382 e. The summed E-state index contributed by atoms with van der Waals surface area (Å²) < 4.78 is 9.77. The van der Waals surface area contributed by atoms with E-state index in [0.717, 1.165) is 48.7 Å². The number of ether oxygens (including phenoxy) is 1. The zero-order valence-electron chi connectivity index (χ0n) is 12.2. The van der Waals surface area contributed by atoms with Gasteiger partial charge in [0.05, 0.1) is 5.56 Å². The maximum atomic E-state index is 6.08. The largest absolute Gasteiger partial charge is 0.382 e. The van der Waals surface area contributed by atoms with Crippen molar-refractivity contribution in [1.29, 1.82) is 0 Å².